The molecule has 0 aliphatic carbocycles. The number of hydrogen-bond donors (Lipinski definition) is 2. The highest BCUT2D eigenvalue weighted by Crippen LogP contribution is 2.27. The molecule has 3 rings (SSSR count). The van der Waals surface area contributed by atoms with Crippen LogP contribution in [0.3, 0.4) is 0 Å². The molecule has 0 amide bonds. The summed E-state index contributed by atoms with van der Waals surface area (Å²) in [5.74, 6) is 0.663. The van der Waals surface area contributed by atoms with E-state index in [1.807, 2.05) is 14.1 Å². The molecule has 0 unspecified atom stereocenters. The maximum absolute atomic E-state index is 5.69. The SMILES string of the molecule is CN(C)c1nc(N)nc(Sc2ncnc3nc[nH]c23)n1. The second kappa shape index (κ2) is 4.89. The van der Waals surface area contributed by atoms with Crippen LogP contribution < -0.4 is 10.6 Å². The Kier molecular flexibility index (Phi) is 3.06. The number of aromatic nitrogens is 7. The quantitative estimate of drug-likeness (QED) is 0.657. The Morgan fingerprint density at radius 1 is 1.15 bits per heavy atom. The lowest BCUT2D eigenvalue weighted by Crippen LogP contribution is -2.15. The summed E-state index contributed by atoms with van der Waals surface area (Å²) in [6, 6.07) is 0. The van der Waals surface area contributed by atoms with Gasteiger partial charge in [-0.1, -0.05) is 0 Å². The summed E-state index contributed by atoms with van der Waals surface area (Å²) in [6.07, 6.45) is 3.01. The van der Waals surface area contributed by atoms with Crippen LogP contribution in [0.2, 0.25) is 0 Å². The topological polar surface area (TPSA) is 122 Å². The van der Waals surface area contributed by atoms with Gasteiger partial charge in [-0.2, -0.15) is 15.0 Å². The molecule has 0 fully saturated rings. The molecule has 0 saturated heterocycles. The summed E-state index contributed by atoms with van der Waals surface area (Å²) in [5, 5.41) is 1.15. The molecule has 3 N–H and O–H groups in total. The van der Waals surface area contributed by atoms with E-state index in [1.165, 1.54) is 18.1 Å². The number of nitrogens with one attached hydrogen (secondary N) is 1. The largest absolute Gasteiger partial charge is 0.368 e. The Labute approximate surface area is 118 Å². The number of nitrogens with two attached hydrogens (primary N) is 1. The van der Waals surface area contributed by atoms with Crippen LogP contribution in [0.5, 0.6) is 0 Å². The maximum atomic E-state index is 5.69. The fourth-order valence-electron chi connectivity index (χ4n) is 1.51. The fraction of sp³-hybridized carbons (Fsp3) is 0.200. The minimum Gasteiger partial charge on any atom is -0.368 e. The standard InChI is InChI=1S/C10H11N9S/c1-19(2)9-16-8(11)17-10(18-9)20-7-5-6(13-3-12-5)14-4-15-7/h3-4H,1-2H3,(H2,11,16,17,18)(H,12,13,14,15). The molecule has 20 heavy (non-hydrogen) atoms. The molecule has 0 atom stereocenters. The molecule has 0 aliphatic rings. The predicted octanol–water partition coefficient (Wildman–Crippen LogP) is 0.337. The van der Waals surface area contributed by atoms with Gasteiger partial charge >= 0.3 is 0 Å². The van der Waals surface area contributed by atoms with Crippen molar-refractivity contribution >= 4 is 34.8 Å². The molecule has 0 aromatic carbocycles. The van der Waals surface area contributed by atoms with Crippen molar-refractivity contribution < 1.29 is 0 Å². The van der Waals surface area contributed by atoms with Crippen LogP contribution in [-0.2, 0) is 0 Å². The minimum atomic E-state index is 0.168. The lowest BCUT2D eigenvalue weighted by Gasteiger charge is -2.10. The number of imidazole rings is 1. The first-order chi connectivity index (χ1) is 9.63. The van der Waals surface area contributed by atoms with Crippen molar-refractivity contribution in [3.63, 3.8) is 0 Å². The Balaban J connectivity index is 2.00. The number of anilines is 2. The van der Waals surface area contributed by atoms with Crippen molar-refractivity contribution in [1.82, 2.24) is 34.9 Å². The third-order valence-electron chi connectivity index (χ3n) is 2.40. The maximum Gasteiger partial charge on any atom is 0.230 e. The average Bonchev–Trinajstić information content (AvgIpc) is 2.87. The number of aromatic amines is 1. The second-order valence-corrected chi connectivity index (χ2v) is 5.01. The zero-order valence-electron chi connectivity index (χ0n) is 10.8. The lowest BCUT2D eigenvalue weighted by molar-refractivity contribution is 0.874. The van der Waals surface area contributed by atoms with Gasteiger partial charge in [0.25, 0.3) is 0 Å². The normalized spacial score (nSPS) is 10.9. The molecule has 3 aromatic rings. The van der Waals surface area contributed by atoms with Crippen molar-refractivity contribution in [1.29, 1.82) is 0 Å². The van der Waals surface area contributed by atoms with Crippen molar-refractivity contribution in [3.05, 3.63) is 12.7 Å². The van der Waals surface area contributed by atoms with E-state index in [4.69, 9.17) is 5.73 Å². The van der Waals surface area contributed by atoms with Crippen LogP contribution in [0, 0.1) is 0 Å². The molecular weight excluding hydrogens is 278 g/mol. The van der Waals surface area contributed by atoms with Gasteiger partial charge in [-0.3, -0.25) is 0 Å². The molecular formula is C10H11N9S. The summed E-state index contributed by atoms with van der Waals surface area (Å²) >= 11 is 1.28. The molecule has 0 spiro atoms. The van der Waals surface area contributed by atoms with Gasteiger partial charge < -0.3 is 15.6 Å². The molecule has 3 heterocycles. The van der Waals surface area contributed by atoms with E-state index >= 15 is 0 Å². The number of nitrogens with zero attached hydrogens (tertiary/aromatic N) is 7. The van der Waals surface area contributed by atoms with Crippen molar-refractivity contribution in [2.24, 2.45) is 0 Å². The van der Waals surface area contributed by atoms with Crippen LogP contribution in [0.15, 0.2) is 22.8 Å². The van der Waals surface area contributed by atoms with E-state index < -0.39 is 0 Å². The highest BCUT2D eigenvalue weighted by Gasteiger charge is 2.12. The highest BCUT2D eigenvalue weighted by atomic mass is 32.2. The van der Waals surface area contributed by atoms with Crippen LogP contribution in [-0.4, -0.2) is 49.0 Å². The van der Waals surface area contributed by atoms with Crippen LogP contribution in [0.4, 0.5) is 11.9 Å². The van der Waals surface area contributed by atoms with E-state index in [9.17, 15) is 0 Å². The first-order valence-electron chi connectivity index (χ1n) is 5.64. The summed E-state index contributed by atoms with van der Waals surface area (Å²) in [4.78, 5) is 29.5. The minimum absolute atomic E-state index is 0.168. The van der Waals surface area contributed by atoms with Gasteiger partial charge in [0, 0.05) is 14.1 Å². The van der Waals surface area contributed by atoms with Crippen LogP contribution in [0.1, 0.15) is 0 Å². The van der Waals surface area contributed by atoms with Gasteiger partial charge in [-0.15, -0.1) is 0 Å². The lowest BCUT2D eigenvalue weighted by atomic mass is 10.6. The Bertz CT molecular complexity index is 753. The average molecular weight is 289 g/mol. The highest BCUT2D eigenvalue weighted by molar-refractivity contribution is 7.99. The van der Waals surface area contributed by atoms with Gasteiger partial charge in [-0.25, -0.2) is 15.0 Å². The molecule has 0 bridgehead atoms. The predicted molar refractivity (Wildman–Crippen MR) is 74.4 cm³/mol. The van der Waals surface area contributed by atoms with Gasteiger partial charge in [-0.05, 0) is 11.8 Å². The van der Waals surface area contributed by atoms with Gasteiger partial charge in [0.1, 0.15) is 16.9 Å². The Morgan fingerprint density at radius 3 is 2.80 bits per heavy atom. The summed E-state index contributed by atoms with van der Waals surface area (Å²) in [6.45, 7) is 0. The summed E-state index contributed by atoms with van der Waals surface area (Å²) in [5.41, 5.74) is 7.02. The number of fused-ring (bicyclic) bond motifs is 1. The second-order valence-electron chi connectivity index (χ2n) is 4.05. The van der Waals surface area contributed by atoms with E-state index in [0.717, 1.165) is 5.52 Å². The number of hydrogen-bond acceptors (Lipinski definition) is 9. The number of H-pyrrole nitrogens is 1. The molecule has 0 aliphatic heterocycles. The summed E-state index contributed by atoms with van der Waals surface area (Å²) < 4.78 is 0. The van der Waals surface area contributed by atoms with E-state index in [2.05, 4.69) is 34.9 Å². The van der Waals surface area contributed by atoms with E-state index in [0.29, 0.717) is 21.8 Å². The summed E-state index contributed by atoms with van der Waals surface area (Å²) in [7, 11) is 3.67. The first kappa shape index (κ1) is 12.5. The molecule has 9 nitrogen and oxygen atoms in total. The van der Waals surface area contributed by atoms with Gasteiger partial charge in [0.05, 0.1) is 6.33 Å². The third-order valence-corrected chi connectivity index (χ3v) is 3.26. The zero-order chi connectivity index (χ0) is 14.1. The molecule has 102 valence electrons. The van der Waals surface area contributed by atoms with Gasteiger partial charge in [0.2, 0.25) is 17.1 Å². The molecule has 10 heteroatoms. The zero-order valence-corrected chi connectivity index (χ0v) is 11.6. The fourth-order valence-corrected chi connectivity index (χ4v) is 2.30. The van der Waals surface area contributed by atoms with E-state index in [1.54, 1.807) is 11.2 Å². The van der Waals surface area contributed by atoms with E-state index in [-0.39, 0.29) is 5.95 Å². The molecule has 3 aromatic heterocycles. The van der Waals surface area contributed by atoms with Crippen molar-refractivity contribution in [3.8, 4) is 0 Å². The number of nitrogen functional groups attached to an aromatic ring is 1. The smallest absolute Gasteiger partial charge is 0.230 e. The van der Waals surface area contributed by atoms with Crippen molar-refractivity contribution in [2.75, 3.05) is 24.7 Å². The Morgan fingerprint density at radius 2 is 2.00 bits per heavy atom. The first-order valence-corrected chi connectivity index (χ1v) is 6.46. The van der Waals surface area contributed by atoms with Crippen LogP contribution in [0.25, 0.3) is 11.2 Å². The Hall–Kier alpha value is -2.49. The third kappa shape index (κ3) is 2.32. The monoisotopic (exact) mass is 289 g/mol. The molecule has 0 saturated carbocycles. The van der Waals surface area contributed by atoms with Crippen LogP contribution >= 0.6 is 11.8 Å². The van der Waals surface area contributed by atoms with Crippen molar-refractivity contribution in [2.45, 2.75) is 10.2 Å². The molecule has 0 radical (unpaired) electrons. The number of rotatable bonds is 3. The van der Waals surface area contributed by atoms with Gasteiger partial charge in [0.15, 0.2) is 5.65 Å².